The Morgan fingerprint density at radius 2 is 1.93 bits per heavy atom. The summed E-state index contributed by atoms with van der Waals surface area (Å²) in [6.07, 6.45) is 9.22. The zero-order chi connectivity index (χ0) is 11.1. The highest BCUT2D eigenvalue weighted by Gasteiger charge is 2.15. The van der Waals surface area contributed by atoms with Gasteiger partial charge in [0.25, 0.3) is 0 Å². The minimum absolute atomic E-state index is 0.266. The highest BCUT2D eigenvalue weighted by Crippen LogP contribution is 2.17. The molecule has 1 amide bonds. The predicted octanol–water partition coefficient (Wildman–Crippen LogP) is 3.26. The number of carbonyl (C=O) groups is 1. The molecule has 0 saturated heterocycles. The molecule has 0 aromatic carbocycles. The molecule has 1 rings (SSSR count). The molecule has 0 aromatic rings. The first kappa shape index (κ1) is 12.5. The van der Waals surface area contributed by atoms with Crippen molar-refractivity contribution in [2.24, 2.45) is 5.92 Å². The maximum absolute atomic E-state index is 11.6. The van der Waals surface area contributed by atoms with Gasteiger partial charge < -0.3 is 5.32 Å². The number of rotatable bonds is 5. The van der Waals surface area contributed by atoms with Crippen LogP contribution in [-0.2, 0) is 4.79 Å². The molecule has 0 spiro atoms. The molecule has 15 heavy (non-hydrogen) atoms. The Labute approximate surface area is 93.8 Å². The van der Waals surface area contributed by atoms with E-state index in [0.29, 0.717) is 18.4 Å². The molecule has 0 atom stereocenters. The summed E-state index contributed by atoms with van der Waals surface area (Å²) in [7, 11) is 0. The molecule has 0 bridgehead atoms. The van der Waals surface area contributed by atoms with Crippen LogP contribution in [0.25, 0.3) is 0 Å². The monoisotopic (exact) mass is 211 g/mol. The number of hydrogen-bond acceptors (Lipinski definition) is 1. The molecular formula is C13H25NO. The van der Waals surface area contributed by atoms with Gasteiger partial charge in [0.2, 0.25) is 5.91 Å². The second kappa shape index (κ2) is 6.86. The lowest BCUT2D eigenvalue weighted by Gasteiger charge is -2.22. The molecule has 1 aliphatic carbocycles. The third-order valence-corrected chi connectivity index (χ3v) is 3.16. The molecule has 2 nitrogen and oxygen atoms in total. The summed E-state index contributed by atoms with van der Waals surface area (Å²) in [5.41, 5.74) is 0. The summed E-state index contributed by atoms with van der Waals surface area (Å²) in [5.74, 6) is 0.982. The van der Waals surface area contributed by atoms with Gasteiger partial charge in [-0.25, -0.2) is 0 Å². The molecule has 1 saturated carbocycles. The minimum atomic E-state index is 0.266. The molecule has 1 fully saturated rings. The second-order valence-corrected chi connectivity index (χ2v) is 5.19. The zero-order valence-electron chi connectivity index (χ0n) is 10.2. The summed E-state index contributed by atoms with van der Waals surface area (Å²) in [5, 5.41) is 3.15. The van der Waals surface area contributed by atoms with Gasteiger partial charge in [-0.1, -0.05) is 39.5 Å². The van der Waals surface area contributed by atoms with Gasteiger partial charge in [0.15, 0.2) is 0 Å². The number of hydrogen-bond donors (Lipinski definition) is 1. The van der Waals surface area contributed by atoms with Crippen LogP contribution in [0.15, 0.2) is 0 Å². The highest BCUT2D eigenvalue weighted by molar-refractivity contribution is 5.76. The van der Waals surface area contributed by atoms with E-state index < -0.39 is 0 Å². The van der Waals surface area contributed by atoms with E-state index >= 15 is 0 Å². The summed E-state index contributed by atoms with van der Waals surface area (Å²) in [6.45, 7) is 4.41. The molecule has 0 aromatic heterocycles. The molecule has 0 aliphatic heterocycles. The fraction of sp³-hybridized carbons (Fsp3) is 0.923. The smallest absolute Gasteiger partial charge is 0.220 e. The Balaban J connectivity index is 2.06. The van der Waals surface area contributed by atoms with Crippen molar-refractivity contribution in [1.82, 2.24) is 5.32 Å². The van der Waals surface area contributed by atoms with Gasteiger partial charge in [-0.2, -0.15) is 0 Å². The van der Waals surface area contributed by atoms with Gasteiger partial charge in [0.1, 0.15) is 0 Å². The van der Waals surface area contributed by atoms with E-state index in [1.54, 1.807) is 0 Å². The first-order chi connectivity index (χ1) is 7.18. The van der Waals surface area contributed by atoms with Gasteiger partial charge in [0, 0.05) is 12.5 Å². The van der Waals surface area contributed by atoms with Crippen LogP contribution in [0.3, 0.4) is 0 Å². The maximum Gasteiger partial charge on any atom is 0.220 e. The van der Waals surface area contributed by atoms with Crippen LogP contribution >= 0.6 is 0 Å². The van der Waals surface area contributed by atoms with Crippen molar-refractivity contribution in [3.8, 4) is 0 Å². The van der Waals surface area contributed by atoms with E-state index in [4.69, 9.17) is 0 Å². The third-order valence-electron chi connectivity index (χ3n) is 3.16. The number of nitrogens with one attached hydrogen (secondary N) is 1. The van der Waals surface area contributed by atoms with Crippen LogP contribution in [0.5, 0.6) is 0 Å². The first-order valence-electron chi connectivity index (χ1n) is 6.48. The summed E-state index contributed by atoms with van der Waals surface area (Å²) in [4.78, 5) is 11.6. The van der Waals surface area contributed by atoms with Crippen LogP contribution < -0.4 is 5.32 Å². The lowest BCUT2D eigenvalue weighted by Crippen LogP contribution is -2.35. The molecule has 1 N–H and O–H groups in total. The quantitative estimate of drug-likeness (QED) is 0.743. The van der Waals surface area contributed by atoms with Gasteiger partial charge in [-0.3, -0.25) is 4.79 Å². The van der Waals surface area contributed by atoms with Gasteiger partial charge in [-0.15, -0.1) is 0 Å². The SMILES string of the molecule is CC(C)CCCC(=O)NC1CCCCC1. The predicted molar refractivity (Wildman–Crippen MR) is 63.7 cm³/mol. The van der Waals surface area contributed by atoms with Crippen molar-refractivity contribution in [2.75, 3.05) is 0 Å². The average Bonchev–Trinajstić information content (AvgIpc) is 2.18. The lowest BCUT2D eigenvalue weighted by atomic mass is 9.95. The molecule has 0 unspecified atom stereocenters. The average molecular weight is 211 g/mol. The molecular weight excluding hydrogens is 186 g/mol. The minimum Gasteiger partial charge on any atom is -0.353 e. The third kappa shape index (κ3) is 5.81. The zero-order valence-corrected chi connectivity index (χ0v) is 10.2. The van der Waals surface area contributed by atoms with E-state index in [2.05, 4.69) is 19.2 Å². The van der Waals surface area contributed by atoms with Crippen LogP contribution in [0, 0.1) is 5.92 Å². The number of carbonyl (C=O) groups excluding carboxylic acids is 1. The maximum atomic E-state index is 11.6. The van der Waals surface area contributed by atoms with Crippen molar-refractivity contribution in [2.45, 2.75) is 71.3 Å². The Morgan fingerprint density at radius 1 is 1.27 bits per heavy atom. The lowest BCUT2D eigenvalue weighted by molar-refractivity contribution is -0.122. The molecule has 1 aliphatic rings. The van der Waals surface area contributed by atoms with E-state index in [0.717, 1.165) is 12.8 Å². The largest absolute Gasteiger partial charge is 0.353 e. The van der Waals surface area contributed by atoms with E-state index in [-0.39, 0.29) is 5.91 Å². The summed E-state index contributed by atoms with van der Waals surface area (Å²) >= 11 is 0. The summed E-state index contributed by atoms with van der Waals surface area (Å²) < 4.78 is 0. The molecule has 0 heterocycles. The Morgan fingerprint density at radius 3 is 2.53 bits per heavy atom. The molecule has 2 heteroatoms. The normalized spacial score (nSPS) is 18.1. The Bertz CT molecular complexity index is 183. The van der Waals surface area contributed by atoms with Crippen molar-refractivity contribution in [3.63, 3.8) is 0 Å². The van der Waals surface area contributed by atoms with E-state index in [1.165, 1.54) is 32.1 Å². The summed E-state index contributed by atoms with van der Waals surface area (Å²) in [6, 6.07) is 0.477. The second-order valence-electron chi connectivity index (χ2n) is 5.19. The molecule has 88 valence electrons. The van der Waals surface area contributed by atoms with Crippen molar-refractivity contribution in [1.29, 1.82) is 0 Å². The van der Waals surface area contributed by atoms with E-state index in [1.807, 2.05) is 0 Å². The Hall–Kier alpha value is -0.530. The highest BCUT2D eigenvalue weighted by atomic mass is 16.1. The first-order valence-corrected chi connectivity index (χ1v) is 6.48. The van der Waals surface area contributed by atoms with Crippen LogP contribution in [0.1, 0.15) is 65.2 Å². The van der Waals surface area contributed by atoms with Gasteiger partial charge >= 0.3 is 0 Å². The Kier molecular flexibility index (Phi) is 5.74. The standard InChI is InChI=1S/C13H25NO/c1-11(2)7-6-10-13(15)14-12-8-4-3-5-9-12/h11-12H,3-10H2,1-2H3,(H,14,15). The topological polar surface area (TPSA) is 29.1 Å². The van der Waals surface area contributed by atoms with Crippen LogP contribution in [0.4, 0.5) is 0 Å². The van der Waals surface area contributed by atoms with Gasteiger partial charge in [-0.05, 0) is 25.2 Å². The van der Waals surface area contributed by atoms with Crippen LogP contribution in [-0.4, -0.2) is 11.9 Å². The fourth-order valence-electron chi connectivity index (χ4n) is 2.22. The fourth-order valence-corrected chi connectivity index (χ4v) is 2.22. The van der Waals surface area contributed by atoms with Crippen molar-refractivity contribution in [3.05, 3.63) is 0 Å². The van der Waals surface area contributed by atoms with Gasteiger partial charge in [0.05, 0.1) is 0 Å². The van der Waals surface area contributed by atoms with E-state index in [9.17, 15) is 4.79 Å². The van der Waals surface area contributed by atoms with Crippen molar-refractivity contribution < 1.29 is 4.79 Å². The molecule has 0 radical (unpaired) electrons. The van der Waals surface area contributed by atoms with Crippen LogP contribution in [0.2, 0.25) is 0 Å². The van der Waals surface area contributed by atoms with Crippen molar-refractivity contribution >= 4 is 5.91 Å². The number of amides is 1.